The first-order valence-electron chi connectivity index (χ1n) is 8.39. The number of nitrogen functional groups attached to an aromatic ring is 1. The van der Waals surface area contributed by atoms with Gasteiger partial charge in [0.25, 0.3) is 0 Å². The summed E-state index contributed by atoms with van der Waals surface area (Å²) in [6.45, 7) is 1.90. The molecule has 0 spiro atoms. The molecule has 1 aromatic carbocycles. The Labute approximate surface area is 153 Å². The molecule has 4 N–H and O–H groups in total. The summed E-state index contributed by atoms with van der Waals surface area (Å²) in [4.78, 5) is 27.9. The Morgan fingerprint density at radius 2 is 2.07 bits per heavy atom. The molecule has 0 aliphatic rings. The summed E-state index contributed by atoms with van der Waals surface area (Å²) in [5, 5.41) is 5.08. The highest BCUT2D eigenvalue weighted by Gasteiger charge is 2.20. The van der Waals surface area contributed by atoms with Gasteiger partial charge in [0.1, 0.15) is 17.3 Å². The Kier molecular flexibility index (Phi) is 3.14. The van der Waals surface area contributed by atoms with Gasteiger partial charge in [0, 0.05) is 23.3 Å². The maximum atomic E-state index is 13.0. The van der Waals surface area contributed by atoms with E-state index >= 15 is 0 Å². The second-order valence-electron chi connectivity index (χ2n) is 6.31. The molecule has 0 unspecified atom stereocenters. The molecule has 0 radical (unpaired) electrons. The Balaban J connectivity index is 1.60. The van der Waals surface area contributed by atoms with Crippen LogP contribution in [0.5, 0.6) is 0 Å². The Morgan fingerprint density at radius 1 is 1.19 bits per heavy atom. The fourth-order valence-electron chi connectivity index (χ4n) is 3.30. The molecule has 5 aromatic rings. The number of pyridine rings is 1. The quantitative estimate of drug-likeness (QED) is 0.429. The number of hydrogen-bond donors (Lipinski definition) is 3. The first kappa shape index (κ1) is 15.3. The van der Waals surface area contributed by atoms with Crippen LogP contribution in [-0.4, -0.2) is 35.5 Å². The highest BCUT2D eigenvalue weighted by molar-refractivity contribution is 6.17. The van der Waals surface area contributed by atoms with Gasteiger partial charge in [-0.1, -0.05) is 0 Å². The number of rotatable bonds is 3. The smallest absolute Gasteiger partial charge is 0.199 e. The second-order valence-corrected chi connectivity index (χ2v) is 6.31. The van der Waals surface area contributed by atoms with E-state index < -0.39 is 0 Å². The number of carbonyl (C=O) groups excluding carboxylic acids is 1. The van der Waals surface area contributed by atoms with Crippen LogP contribution in [0.2, 0.25) is 0 Å². The number of nitrogens with one attached hydrogen (secondary N) is 2. The van der Waals surface area contributed by atoms with Crippen molar-refractivity contribution in [2.24, 2.45) is 0 Å². The predicted octanol–water partition coefficient (Wildman–Crippen LogP) is 2.75. The normalized spacial score (nSPS) is 11.4. The van der Waals surface area contributed by atoms with Crippen LogP contribution in [0.15, 0.2) is 48.9 Å². The minimum absolute atomic E-state index is 0.192. The van der Waals surface area contributed by atoms with E-state index in [4.69, 9.17) is 5.73 Å². The number of hydrogen-bond acceptors (Lipinski definition) is 5. The third-order valence-electron chi connectivity index (χ3n) is 4.59. The molecule has 0 atom stereocenters. The molecule has 0 bridgehead atoms. The van der Waals surface area contributed by atoms with E-state index in [1.54, 1.807) is 23.1 Å². The van der Waals surface area contributed by atoms with Crippen LogP contribution in [0.1, 0.15) is 21.7 Å². The summed E-state index contributed by atoms with van der Waals surface area (Å²) >= 11 is 0. The number of carbonyl (C=O) groups is 1. The van der Waals surface area contributed by atoms with Crippen molar-refractivity contribution in [2.45, 2.75) is 6.92 Å². The van der Waals surface area contributed by atoms with Crippen LogP contribution in [0, 0.1) is 6.92 Å². The molecule has 5 rings (SSSR count). The van der Waals surface area contributed by atoms with Crippen LogP contribution < -0.4 is 5.73 Å². The number of nitrogens with zero attached hydrogens (tertiary/aromatic N) is 4. The van der Waals surface area contributed by atoms with E-state index in [0.29, 0.717) is 16.8 Å². The number of nitrogens with two attached hydrogens (primary N) is 1. The third kappa shape index (κ3) is 2.30. The van der Waals surface area contributed by atoms with E-state index in [0.717, 1.165) is 27.9 Å². The van der Waals surface area contributed by atoms with Crippen molar-refractivity contribution in [1.29, 1.82) is 0 Å². The molecule has 4 aromatic heterocycles. The van der Waals surface area contributed by atoms with Gasteiger partial charge in [-0.3, -0.25) is 4.79 Å². The van der Waals surface area contributed by atoms with Crippen molar-refractivity contribution >= 4 is 33.7 Å². The topological polar surface area (TPSA) is 118 Å². The van der Waals surface area contributed by atoms with Crippen molar-refractivity contribution in [3.8, 4) is 5.69 Å². The molecule has 27 heavy (non-hydrogen) atoms. The molecule has 0 saturated carbocycles. The monoisotopic (exact) mass is 357 g/mol. The summed E-state index contributed by atoms with van der Waals surface area (Å²) in [5.41, 5.74) is 10.3. The fourth-order valence-corrected chi connectivity index (χ4v) is 3.30. The van der Waals surface area contributed by atoms with Crippen LogP contribution in [0.4, 0.5) is 5.82 Å². The average Bonchev–Trinajstić information content (AvgIpc) is 3.37. The maximum Gasteiger partial charge on any atom is 0.199 e. The predicted molar refractivity (Wildman–Crippen MR) is 102 cm³/mol. The number of anilines is 1. The lowest BCUT2D eigenvalue weighted by atomic mass is 10.0. The molecule has 8 heteroatoms. The van der Waals surface area contributed by atoms with Gasteiger partial charge in [-0.05, 0) is 37.3 Å². The Morgan fingerprint density at radius 3 is 2.96 bits per heavy atom. The minimum atomic E-state index is -0.192. The van der Waals surface area contributed by atoms with Crippen LogP contribution in [0.3, 0.4) is 0 Å². The molecule has 0 aliphatic heterocycles. The zero-order valence-corrected chi connectivity index (χ0v) is 14.4. The first-order valence-corrected chi connectivity index (χ1v) is 8.39. The van der Waals surface area contributed by atoms with E-state index in [9.17, 15) is 4.79 Å². The molecule has 0 saturated heterocycles. The summed E-state index contributed by atoms with van der Waals surface area (Å²) in [5.74, 6) is 0.925. The molecule has 8 nitrogen and oxygen atoms in total. The molecule has 0 aliphatic carbocycles. The van der Waals surface area contributed by atoms with Gasteiger partial charge in [0.05, 0.1) is 28.5 Å². The third-order valence-corrected chi connectivity index (χ3v) is 4.59. The van der Waals surface area contributed by atoms with E-state index in [1.165, 1.54) is 6.20 Å². The zero-order valence-electron chi connectivity index (χ0n) is 14.4. The van der Waals surface area contributed by atoms with Gasteiger partial charge >= 0.3 is 0 Å². The lowest BCUT2D eigenvalue weighted by Crippen LogP contribution is -2.07. The van der Waals surface area contributed by atoms with Crippen LogP contribution in [-0.2, 0) is 0 Å². The minimum Gasteiger partial charge on any atom is -0.383 e. The van der Waals surface area contributed by atoms with Crippen molar-refractivity contribution in [3.63, 3.8) is 0 Å². The molecular weight excluding hydrogens is 342 g/mol. The molecule has 132 valence electrons. The Hall–Kier alpha value is -3.94. The molecule has 0 amide bonds. The summed E-state index contributed by atoms with van der Waals surface area (Å²) in [6, 6.07) is 9.19. The first-order chi connectivity index (χ1) is 13.1. The summed E-state index contributed by atoms with van der Waals surface area (Å²) in [6.07, 6.45) is 4.85. The highest BCUT2D eigenvalue weighted by atomic mass is 16.1. The van der Waals surface area contributed by atoms with Crippen molar-refractivity contribution in [1.82, 2.24) is 29.7 Å². The number of aromatic amines is 2. The van der Waals surface area contributed by atoms with Gasteiger partial charge < -0.3 is 15.7 Å². The number of aromatic nitrogens is 6. The standard InChI is InChI=1S/C19H15N7O/c1-10-24-15-3-2-11(8-16(15)25-10)26-18(20)14(9-23-26)17(27)12-4-6-21-19-13(12)5-7-22-19/h2-9H,20H2,1H3,(H,21,22)(H,24,25). The van der Waals surface area contributed by atoms with Crippen LogP contribution in [0.25, 0.3) is 27.8 Å². The average molecular weight is 357 g/mol. The zero-order chi connectivity index (χ0) is 18.5. The van der Waals surface area contributed by atoms with Gasteiger partial charge in [0.15, 0.2) is 5.78 Å². The lowest BCUT2D eigenvalue weighted by molar-refractivity contribution is 0.104. The van der Waals surface area contributed by atoms with Crippen molar-refractivity contribution < 1.29 is 4.79 Å². The Bertz CT molecular complexity index is 1320. The number of H-pyrrole nitrogens is 2. The van der Waals surface area contributed by atoms with Crippen LogP contribution >= 0.6 is 0 Å². The number of imidazole rings is 1. The van der Waals surface area contributed by atoms with Crippen molar-refractivity contribution in [2.75, 3.05) is 5.73 Å². The number of aryl methyl sites for hydroxylation is 1. The lowest BCUT2D eigenvalue weighted by Gasteiger charge is -2.06. The summed E-state index contributed by atoms with van der Waals surface area (Å²) < 4.78 is 1.55. The van der Waals surface area contributed by atoms with Gasteiger partial charge in [0.2, 0.25) is 0 Å². The molecular formula is C19H15N7O. The second kappa shape index (κ2) is 5.53. The fraction of sp³-hybridized carbons (Fsp3) is 0.0526. The number of benzene rings is 1. The van der Waals surface area contributed by atoms with Gasteiger partial charge in [-0.25, -0.2) is 14.6 Å². The van der Waals surface area contributed by atoms with E-state index in [2.05, 4.69) is 25.0 Å². The number of fused-ring (bicyclic) bond motifs is 2. The van der Waals surface area contributed by atoms with Gasteiger partial charge in [-0.2, -0.15) is 5.10 Å². The summed E-state index contributed by atoms with van der Waals surface area (Å²) in [7, 11) is 0. The number of ketones is 1. The van der Waals surface area contributed by atoms with E-state index in [1.807, 2.05) is 31.2 Å². The maximum absolute atomic E-state index is 13.0. The van der Waals surface area contributed by atoms with Gasteiger partial charge in [-0.15, -0.1) is 0 Å². The van der Waals surface area contributed by atoms with E-state index in [-0.39, 0.29) is 11.6 Å². The van der Waals surface area contributed by atoms with Crippen molar-refractivity contribution in [3.05, 3.63) is 65.9 Å². The largest absolute Gasteiger partial charge is 0.383 e. The molecule has 0 fully saturated rings. The molecule has 4 heterocycles. The SMILES string of the molecule is Cc1nc2cc(-n3ncc(C(=O)c4ccnc5[nH]ccc45)c3N)ccc2[nH]1. The highest BCUT2D eigenvalue weighted by Crippen LogP contribution is 2.25.